The second kappa shape index (κ2) is 13.0. The topological polar surface area (TPSA) is 165 Å². The van der Waals surface area contributed by atoms with Gasteiger partial charge in [0, 0.05) is 30.0 Å². The number of benzene rings is 1. The van der Waals surface area contributed by atoms with Gasteiger partial charge in [0.2, 0.25) is 17.5 Å². The Kier molecular flexibility index (Phi) is 8.50. The van der Waals surface area contributed by atoms with Crippen LogP contribution in [-0.4, -0.2) is 73.3 Å². The molecular weight excluding hydrogens is 717 g/mol. The minimum absolute atomic E-state index is 0.00410. The molecule has 0 spiro atoms. The summed E-state index contributed by atoms with van der Waals surface area (Å²) in [6.07, 6.45) is 2.90. The van der Waals surface area contributed by atoms with Gasteiger partial charge in [0.25, 0.3) is 11.5 Å². The second-order valence-corrected chi connectivity index (χ2v) is 14.2. The smallest absolute Gasteiger partial charge is 0.416 e. The fraction of sp³-hybridized carbons (Fsp3) is 0.429. The number of carbonyl (C=O) groups is 2. The standard InChI is InChI=1S/C35H34ClF3N10O4/c1-3-46(33(53)29-30(51)17(2)40-16-41-29)25-10-7-20(25)21-8-11-26-28(21)32(52)49-34(43-31(45-49)24-12-13-48(44-24)19-5-6-19)47(26)15-27(50)42-23-9-4-18(14-22(23)36)35(37,38)39/h4,9,12-14,16,19-21,25,51H,3,5-8,10-11,15H2,1-2H3,(H,42,50). The van der Waals surface area contributed by atoms with E-state index in [0.29, 0.717) is 48.8 Å². The van der Waals surface area contributed by atoms with Gasteiger partial charge in [0.05, 0.1) is 28.0 Å². The third-order valence-corrected chi connectivity index (χ3v) is 10.9. The van der Waals surface area contributed by atoms with Crippen molar-refractivity contribution in [3.63, 3.8) is 0 Å². The summed E-state index contributed by atoms with van der Waals surface area (Å²) >= 11 is 6.15. The molecule has 2 saturated carbocycles. The zero-order chi connectivity index (χ0) is 37.3. The molecule has 3 aliphatic carbocycles. The highest BCUT2D eigenvalue weighted by Crippen LogP contribution is 2.48. The molecule has 2 amide bonds. The Bertz CT molecular complexity index is 2350. The maximum absolute atomic E-state index is 14.4. The van der Waals surface area contributed by atoms with E-state index < -0.39 is 23.6 Å². The molecule has 4 aromatic heterocycles. The number of anilines is 1. The fourth-order valence-corrected chi connectivity index (χ4v) is 7.91. The number of fused-ring (bicyclic) bond motifs is 2. The summed E-state index contributed by atoms with van der Waals surface area (Å²) in [6.45, 7) is 3.44. The molecule has 0 bridgehead atoms. The summed E-state index contributed by atoms with van der Waals surface area (Å²) in [5.74, 6) is -1.39. The quantitative estimate of drug-likeness (QED) is 0.207. The molecule has 18 heteroatoms. The van der Waals surface area contributed by atoms with Gasteiger partial charge >= 0.3 is 6.18 Å². The first-order valence-electron chi connectivity index (χ1n) is 17.4. The number of aromatic hydroxyl groups is 1. The summed E-state index contributed by atoms with van der Waals surface area (Å²) in [4.78, 5) is 56.1. The largest absolute Gasteiger partial charge is 0.504 e. The lowest BCUT2D eigenvalue weighted by atomic mass is 9.69. The minimum Gasteiger partial charge on any atom is -0.504 e. The van der Waals surface area contributed by atoms with Crippen LogP contribution in [0.15, 0.2) is 41.6 Å². The van der Waals surface area contributed by atoms with E-state index in [4.69, 9.17) is 11.6 Å². The predicted molar refractivity (Wildman–Crippen MR) is 185 cm³/mol. The van der Waals surface area contributed by atoms with Crippen LogP contribution >= 0.6 is 11.6 Å². The number of nitrogens with one attached hydrogen (secondary N) is 1. The van der Waals surface area contributed by atoms with Gasteiger partial charge in [-0.05, 0) is 88.5 Å². The van der Waals surface area contributed by atoms with E-state index in [2.05, 4.69) is 30.5 Å². The van der Waals surface area contributed by atoms with Crippen LogP contribution in [0.3, 0.4) is 0 Å². The third-order valence-electron chi connectivity index (χ3n) is 10.6. The number of alkyl halides is 3. The number of hydrogen-bond donors (Lipinski definition) is 2. The average molecular weight is 751 g/mol. The molecule has 14 nitrogen and oxygen atoms in total. The lowest BCUT2D eigenvalue weighted by Crippen LogP contribution is -2.52. The fourth-order valence-electron chi connectivity index (χ4n) is 7.68. The van der Waals surface area contributed by atoms with E-state index in [1.165, 1.54) is 10.8 Å². The molecule has 276 valence electrons. The number of halogens is 4. The van der Waals surface area contributed by atoms with Gasteiger partial charge in [-0.2, -0.15) is 27.8 Å². The van der Waals surface area contributed by atoms with Gasteiger partial charge in [-0.15, -0.1) is 5.10 Å². The van der Waals surface area contributed by atoms with Crippen molar-refractivity contribution >= 4 is 34.9 Å². The van der Waals surface area contributed by atoms with E-state index in [-0.39, 0.29) is 69.4 Å². The molecule has 3 unspecified atom stereocenters. The lowest BCUT2D eigenvalue weighted by molar-refractivity contribution is -0.137. The van der Waals surface area contributed by atoms with E-state index in [1.807, 2.05) is 17.8 Å². The van der Waals surface area contributed by atoms with E-state index >= 15 is 0 Å². The first-order valence-corrected chi connectivity index (χ1v) is 17.8. The Morgan fingerprint density at radius 3 is 2.57 bits per heavy atom. The summed E-state index contributed by atoms with van der Waals surface area (Å²) in [7, 11) is 0. The van der Waals surface area contributed by atoms with Gasteiger partial charge in [0.15, 0.2) is 11.4 Å². The summed E-state index contributed by atoms with van der Waals surface area (Å²) in [5, 5.41) is 22.1. The zero-order valence-electron chi connectivity index (χ0n) is 28.6. The highest BCUT2D eigenvalue weighted by molar-refractivity contribution is 6.33. The number of rotatable bonds is 9. The van der Waals surface area contributed by atoms with Crippen molar-refractivity contribution < 1.29 is 27.9 Å². The normalized spacial score (nSPS) is 19.6. The first-order chi connectivity index (χ1) is 25.3. The molecule has 2 N–H and O–H groups in total. The number of carbonyl (C=O) groups excluding carboxylic acids is 2. The summed E-state index contributed by atoms with van der Waals surface area (Å²) in [5.41, 5.74) is 0.385. The molecule has 5 aromatic rings. The van der Waals surface area contributed by atoms with Crippen molar-refractivity contribution in [2.24, 2.45) is 5.92 Å². The van der Waals surface area contributed by atoms with E-state index in [1.54, 1.807) is 22.5 Å². The molecule has 3 aliphatic rings. The number of aromatic nitrogens is 8. The molecule has 4 heterocycles. The van der Waals surface area contributed by atoms with Gasteiger partial charge in [0.1, 0.15) is 18.6 Å². The number of aryl methyl sites for hydroxylation is 1. The SMILES string of the molecule is CCN(C(=O)c1ncnc(C)c1O)C1CCC1C1CCc2c1c(=O)n1nc(-c3ccn(C4CC4)n3)nc1n2CC(=O)Nc1ccc(C(F)(F)F)cc1Cl. The number of hydrogen-bond acceptors (Lipinski definition) is 9. The van der Waals surface area contributed by atoms with Crippen LogP contribution in [0.4, 0.5) is 18.9 Å². The highest BCUT2D eigenvalue weighted by Gasteiger charge is 2.47. The Hall–Kier alpha value is -5.32. The molecular formula is C35H34ClF3N10O4. The van der Waals surface area contributed by atoms with Gasteiger partial charge < -0.3 is 19.9 Å². The van der Waals surface area contributed by atoms with Crippen molar-refractivity contribution in [3.8, 4) is 17.3 Å². The Morgan fingerprint density at radius 1 is 1.09 bits per heavy atom. The molecule has 8 rings (SSSR count). The Balaban J connectivity index is 1.16. The molecule has 2 fully saturated rings. The van der Waals surface area contributed by atoms with Gasteiger partial charge in [-0.3, -0.25) is 19.1 Å². The summed E-state index contributed by atoms with van der Waals surface area (Å²) < 4.78 is 44.4. The molecule has 0 radical (unpaired) electrons. The van der Waals surface area contributed by atoms with Crippen LogP contribution in [0, 0.1) is 12.8 Å². The van der Waals surface area contributed by atoms with Crippen molar-refractivity contribution in [2.45, 2.75) is 83.1 Å². The minimum atomic E-state index is -4.61. The van der Waals surface area contributed by atoms with Crippen molar-refractivity contribution in [1.29, 1.82) is 0 Å². The van der Waals surface area contributed by atoms with Crippen molar-refractivity contribution in [3.05, 3.63) is 80.4 Å². The molecule has 1 aromatic carbocycles. The number of amides is 2. The lowest BCUT2D eigenvalue weighted by Gasteiger charge is -2.46. The van der Waals surface area contributed by atoms with Crippen LogP contribution in [-0.2, 0) is 23.9 Å². The van der Waals surface area contributed by atoms with Crippen molar-refractivity contribution in [1.82, 2.24) is 43.8 Å². The second-order valence-electron chi connectivity index (χ2n) is 13.8. The highest BCUT2D eigenvalue weighted by atomic mass is 35.5. The van der Waals surface area contributed by atoms with Crippen LogP contribution in [0.2, 0.25) is 5.02 Å². The maximum atomic E-state index is 14.4. The predicted octanol–water partition coefficient (Wildman–Crippen LogP) is 5.18. The van der Waals surface area contributed by atoms with E-state index in [0.717, 1.165) is 37.5 Å². The average Bonchev–Trinajstić information content (AvgIpc) is 3.46. The molecule has 53 heavy (non-hydrogen) atoms. The van der Waals surface area contributed by atoms with Crippen LogP contribution in [0.5, 0.6) is 5.75 Å². The molecule has 0 saturated heterocycles. The van der Waals surface area contributed by atoms with Gasteiger partial charge in [-0.1, -0.05) is 11.6 Å². The van der Waals surface area contributed by atoms with E-state index in [9.17, 15) is 32.7 Å². The van der Waals surface area contributed by atoms with Crippen LogP contribution in [0.1, 0.15) is 84.0 Å². The zero-order valence-corrected chi connectivity index (χ0v) is 29.4. The summed E-state index contributed by atoms with van der Waals surface area (Å²) in [6, 6.07) is 4.50. The first kappa shape index (κ1) is 34.7. The Morgan fingerprint density at radius 2 is 1.89 bits per heavy atom. The van der Waals surface area contributed by atoms with Gasteiger partial charge in [-0.25, -0.2) is 9.97 Å². The van der Waals surface area contributed by atoms with Crippen molar-refractivity contribution in [2.75, 3.05) is 11.9 Å². The number of nitrogens with zero attached hydrogens (tertiary/aromatic N) is 9. The monoisotopic (exact) mass is 750 g/mol. The third kappa shape index (κ3) is 6.09. The molecule has 3 atom stereocenters. The maximum Gasteiger partial charge on any atom is 0.416 e. The molecule has 0 aliphatic heterocycles. The van der Waals surface area contributed by atoms with Crippen LogP contribution < -0.4 is 10.9 Å². The Labute approximate surface area is 304 Å². The van der Waals surface area contributed by atoms with Crippen LogP contribution in [0.25, 0.3) is 17.3 Å².